The zero-order chi connectivity index (χ0) is 13.2. The van der Waals surface area contributed by atoms with E-state index in [1.54, 1.807) is 0 Å². The Labute approximate surface area is 114 Å². The van der Waals surface area contributed by atoms with E-state index in [4.69, 9.17) is 5.73 Å². The second kappa shape index (κ2) is 4.96. The smallest absolute Gasteiger partial charge is 0.0457 e. The highest BCUT2D eigenvalue weighted by Gasteiger charge is 2.20. The van der Waals surface area contributed by atoms with Crippen LogP contribution in [0.25, 0.3) is 0 Å². The summed E-state index contributed by atoms with van der Waals surface area (Å²) in [5, 5.41) is 0. The lowest BCUT2D eigenvalue weighted by molar-refractivity contribution is 0.877. The maximum absolute atomic E-state index is 6.05. The van der Waals surface area contributed by atoms with E-state index in [2.05, 4.69) is 42.2 Å². The van der Waals surface area contributed by atoms with Crippen molar-refractivity contribution in [3.05, 3.63) is 59.2 Å². The third kappa shape index (κ3) is 2.30. The van der Waals surface area contributed by atoms with Gasteiger partial charge < -0.3 is 10.6 Å². The fourth-order valence-corrected chi connectivity index (χ4v) is 2.79. The van der Waals surface area contributed by atoms with E-state index in [0.717, 1.165) is 25.2 Å². The van der Waals surface area contributed by atoms with Crippen LogP contribution in [0.4, 0.5) is 11.4 Å². The Bertz CT molecular complexity index is 572. The van der Waals surface area contributed by atoms with Crippen LogP contribution in [0.5, 0.6) is 0 Å². The number of benzene rings is 2. The fraction of sp³-hybridized carbons (Fsp3) is 0.294. The molecule has 0 saturated heterocycles. The molecule has 0 spiro atoms. The molecule has 3 rings (SSSR count). The van der Waals surface area contributed by atoms with Crippen molar-refractivity contribution >= 4 is 11.4 Å². The summed E-state index contributed by atoms with van der Waals surface area (Å²) in [6.07, 6.45) is 2.36. The first-order valence-corrected chi connectivity index (χ1v) is 6.98. The molecule has 1 aliphatic heterocycles. The molecule has 98 valence electrons. The summed E-state index contributed by atoms with van der Waals surface area (Å²) in [5.74, 6) is 0. The number of nitrogens with two attached hydrogens (primary N) is 1. The minimum absolute atomic E-state index is 0.919. The number of hydrogen-bond acceptors (Lipinski definition) is 2. The lowest BCUT2D eigenvalue weighted by Gasteiger charge is -2.18. The molecule has 2 aromatic carbocycles. The Balaban J connectivity index is 1.81. The van der Waals surface area contributed by atoms with Crippen molar-refractivity contribution in [1.82, 2.24) is 0 Å². The van der Waals surface area contributed by atoms with Gasteiger partial charge in [-0.15, -0.1) is 0 Å². The maximum Gasteiger partial charge on any atom is 0.0457 e. The first-order chi connectivity index (χ1) is 9.28. The van der Waals surface area contributed by atoms with Gasteiger partial charge in [-0.05, 0) is 41.3 Å². The Kier molecular flexibility index (Phi) is 3.16. The number of hydrogen-bond donors (Lipinski definition) is 1. The molecule has 2 aromatic rings. The quantitative estimate of drug-likeness (QED) is 0.843. The standard InChI is InChI=1S/C17H20N2/c1-2-4-13-7-9-15(10-8-13)19-11-14-5-3-6-17(18)16(14)12-19/h3,5-10H,2,4,11-12,18H2,1H3. The zero-order valence-electron chi connectivity index (χ0n) is 11.4. The van der Waals surface area contributed by atoms with E-state index in [1.807, 2.05) is 12.1 Å². The lowest BCUT2D eigenvalue weighted by Crippen LogP contribution is -2.14. The molecule has 0 aliphatic carbocycles. The topological polar surface area (TPSA) is 29.3 Å². The first kappa shape index (κ1) is 12.1. The maximum atomic E-state index is 6.05. The summed E-state index contributed by atoms with van der Waals surface area (Å²) in [6.45, 7) is 4.11. The summed E-state index contributed by atoms with van der Waals surface area (Å²) in [7, 11) is 0. The molecule has 0 unspecified atom stereocenters. The SMILES string of the molecule is CCCc1ccc(N2Cc3cccc(N)c3C2)cc1. The van der Waals surface area contributed by atoms with E-state index < -0.39 is 0 Å². The minimum Gasteiger partial charge on any atom is -0.398 e. The summed E-state index contributed by atoms with van der Waals surface area (Å²) < 4.78 is 0. The van der Waals surface area contributed by atoms with E-state index in [9.17, 15) is 0 Å². The van der Waals surface area contributed by atoms with Crippen molar-refractivity contribution in [1.29, 1.82) is 0 Å². The van der Waals surface area contributed by atoms with Crippen LogP contribution in [0.2, 0.25) is 0 Å². The second-order valence-corrected chi connectivity index (χ2v) is 5.26. The van der Waals surface area contributed by atoms with Crippen LogP contribution in [0, 0.1) is 0 Å². The van der Waals surface area contributed by atoms with E-state index >= 15 is 0 Å². The molecular formula is C17H20N2. The van der Waals surface area contributed by atoms with Crippen LogP contribution in [-0.4, -0.2) is 0 Å². The van der Waals surface area contributed by atoms with Crippen molar-refractivity contribution in [3.63, 3.8) is 0 Å². The molecule has 0 saturated carbocycles. The average Bonchev–Trinajstić information content (AvgIpc) is 2.85. The molecule has 0 atom stereocenters. The zero-order valence-corrected chi connectivity index (χ0v) is 11.4. The number of nitrogen functional groups attached to an aromatic ring is 1. The highest BCUT2D eigenvalue weighted by molar-refractivity contribution is 5.59. The molecule has 0 fully saturated rings. The van der Waals surface area contributed by atoms with E-state index in [0.29, 0.717) is 0 Å². The fourth-order valence-electron chi connectivity index (χ4n) is 2.79. The summed E-state index contributed by atoms with van der Waals surface area (Å²) in [6, 6.07) is 15.2. The predicted octanol–water partition coefficient (Wildman–Crippen LogP) is 3.74. The largest absolute Gasteiger partial charge is 0.398 e. The van der Waals surface area contributed by atoms with Gasteiger partial charge in [0.2, 0.25) is 0 Å². The molecule has 0 radical (unpaired) electrons. The van der Waals surface area contributed by atoms with Crippen LogP contribution in [-0.2, 0) is 19.5 Å². The third-order valence-electron chi connectivity index (χ3n) is 3.86. The molecule has 2 nitrogen and oxygen atoms in total. The Hall–Kier alpha value is -1.96. The van der Waals surface area contributed by atoms with Gasteiger partial charge in [-0.3, -0.25) is 0 Å². The highest BCUT2D eigenvalue weighted by atomic mass is 15.1. The molecule has 1 aliphatic rings. The monoisotopic (exact) mass is 252 g/mol. The van der Waals surface area contributed by atoms with Crippen LogP contribution < -0.4 is 10.6 Å². The van der Waals surface area contributed by atoms with Gasteiger partial charge in [0.15, 0.2) is 0 Å². The second-order valence-electron chi connectivity index (χ2n) is 5.26. The molecule has 1 heterocycles. The van der Waals surface area contributed by atoms with Crippen LogP contribution in [0.1, 0.15) is 30.0 Å². The number of nitrogens with zero attached hydrogens (tertiary/aromatic N) is 1. The van der Waals surface area contributed by atoms with Gasteiger partial charge >= 0.3 is 0 Å². The summed E-state index contributed by atoms with van der Waals surface area (Å²) >= 11 is 0. The van der Waals surface area contributed by atoms with Crippen LogP contribution >= 0.6 is 0 Å². The Morgan fingerprint density at radius 1 is 1.05 bits per heavy atom. The molecule has 0 aromatic heterocycles. The minimum atomic E-state index is 0.919. The predicted molar refractivity (Wildman–Crippen MR) is 81.2 cm³/mol. The number of aryl methyl sites for hydroxylation is 1. The van der Waals surface area contributed by atoms with Crippen LogP contribution in [0.15, 0.2) is 42.5 Å². The van der Waals surface area contributed by atoms with Crippen molar-refractivity contribution in [2.45, 2.75) is 32.9 Å². The van der Waals surface area contributed by atoms with Crippen molar-refractivity contribution in [2.75, 3.05) is 10.6 Å². The molecular weight excluding hydrogens is 232 g/mol. The third-order valence-corrected chi connectivity index (χ3v) is 3.86. The van der Waals surface area contributed by atoms with Gasteiger partial charge in [0.1, 0.15) is 0 Å². The van der Waals surface area contributed by atoms with Gasteiger partial charge in [0, 0.05) is 24.5 Å². The number of anilines is 2. The first-order valence-electron chi connectivity index (χ1n) is 6.98. The van der Waals surface area contributed by atoms with Crippen molar-refractivity contribution < 1.29 is 0 Å². The lowest BCUT2D eigenvalue weighted by atomic mass is 10.1. The summed E-state index contributed by atoms with van der Waals surface area (Å²) in [4.78, 5) is 2.39. The number of rotatable bonds is 3. The van der Waals surface area contributed by atoms with Gasteiger partial charge in [0.05, 0.1) is 0 Å². The van der Waals surface area contributed by atoms with Gasteiger partial charge in [-0.25, -0.2) is 0 Å². The molecule has 19 heavy (non-hydrogen) atoms. The van der Waals surface area contributed by atoms with Crippen molar-refractivity contribution in [2.24, 2.45) is 0 Å². The van der Waals surface area contributed by atoms with E-state index in [1.165, 1.54) is 28.8 Å². The average molecular weight is 252 g/mol. The van der Waals surface area contributed by atoms with Crippen molar-refractivity contribution in [3.8, 4) is 0 Å². The van der Waals surface area contributed by atoms with E-state index in [-0.39, 0.29) is 0 Å². The normalized spacial score (nSPS) is 13.6. The highest BCUT2D eigenvalue weighted by Crippen LogP contribution is 2.31. The van der Waals surface area contributed by atoms with Gasteiger partial charge in [-0.2, -0.15) is 0 Å². The number of fused-ring (bicyclic) bond motifs is 1. The Morgan fingerprint density at radius 3 is 2.53 bits per heavy atom. The summed E-state index contributed by atoms with van der Waals surface area (Å²) in [5.41, 5.74) is 12.3. The van der Waals surface area contributed by atoms with Gasteiger partial charge in [-0.1, -0.05) is 37.6 Å². The van der Waals surface area contributed by atoms with Crippen LogP contribution in [0.3, 0.4) is 0 Å². The molecule has 2 N–H and O–H groups in total. The molecule has 0 amide bonds. The molecule has 2 heteroatoms. The van der Waals surface area contributed by atoms with Gasteiger partial charge in [0.25, 0.3) is 0 Å². The Morgan fingerprint density at radius 2 is 1.84 bits per heavy atom. The molecule has 0 bridgehead atoms.